The number of benzene rings is 1. The third-order valence-corrected chi connectivity index (χ3v) is 1.29. The van der Waals surface area contributed by atoms with Crippen molar-refractivity contribution < 1.29 is 13.2 Å². The maximum Gasteiger partial charge on any atom is 0.417 e. The molecular formula is C8H3F3N. The van der Waals surface area contributed by atoms with E-state index in [9.17, 15) is 13.2 Å². The van der Waals surface area contributed by atoms with E-state index in [1.165, 1.54) is 12.1 Å². The first-order chi connectivity index (χ1) is 5.55. The first-order valence-electron chi connectivity index (χ1n) is 3.03. The average molecular weight is 170 g/mol. The summed E-state index contributed by atoms with van der Waals surface area (Å²) in [6.07, 6.45) is -4.47. The predicted octanol–water partition coefficient (Wildman–Crippen LogP) is 2.38. The zero-order valence-corrected chi connectivity index (χ0v) is 5.81. The Morgan fingerprint density at radius 2 is 2.08 bits per heavy atom. The SMILES string of the molecule is N#Cc1cc[c]cc1C(F)(F)F. The van der Waals surface area contributed by atoms with Crippen molar-refractivity contribution in [3.05, 3.63) is 35.4 Å². The van der Waals surface area contributed by atoms with Crippen LogP contribution in [0.1, 0.15) is 11.1 Å². The van der Waals surface area contributed by atoms with Crippen LogP contribution in [0.2, 0.25) is 0 Å². The number of hydrogen-bond acceptors (Lipinski definition) is 1. The van der Waals surface area contributed by atoms with Crippen molar-refractivity contribution in [2.45, 2.75) is 6.18 Å². The Hall–Kier alpha value is -1.50. The van der Waals surface area contributed by atoms with Gasteiger partial charge in [-0.25, -0.2) is 0 Å². The summed E-state index contributed by atoms with van der Waals surface area (Å²) in [5.74, 6) is 0. The zero-order valence-electron chi connectivity index (χ0n) is 5.81. The molecule has 0 aromatic heterocycles. The van der Waals surface area contributed by atoms with E-state index in [4.69, 9.17) is 5.26 Å². The van der Waals surface area contributed by atoms with Gasteiger partial charge in [-0.1, -0.05) is 6.07 Å². The van der Waals surface area contributed by atoms with Crippen LogP contribution in [0.3, 0.4) is 0 Å². The highest BCUT2D eigenvalue weighted by Gasteiger charge is 2.32. The van der Waals surface area contributed by atoms with Crippen LogP contribution in [0.25, 0.3) is 0 Å². The Bertz CT molecular complexity index is 322. The summed E-state index contributed by atoms with van der Waals surface area (Å²) in [6.45, 7) is 0. The van der Waals surface area contributed by atoms with Gasteiger partial charge in [-0.2, -0.15) is 18.4 Å². The number of alkyl halides is 3. The minimum absolute atomic E-state index is 0.374. The van der Waals surface area contributed by atoms with Gasteiger partial charge in [0, 0.05) is 0 Å². The van der Waals surface area contributed by atoms with Crippen molar-refractivity contribution >= 4 is 0 Å². The van der Waals surface area contributed by atoms with Crippen LogP contribution in [0.15, 0.2) is 18.2 Å². The highest BCUT2D eigenvalue weighted by molar-refractivity contribution is 5.38. The van der Waals surface area contributed by atoms with E-state index in [0.717, 1.165) is 12.1 Å². The normalized spacial score (nSPS) is 10.8. The highest BCUT2D eigenvalue weighted by atomic mass is 19.4. The molecule has 0 unspecified atom stereocenters. The van der Waals surface area contributed by atoms with Gasteiger partial charge >= 0.3 is 6.18 Å². The Morgan fingerprint density at radius 3 is 2.50 bits per heavy atom. The monoisotopic (exact) mass is 170 g/mol. The molecular weight excluding hydrogens is 167 g/mol. The molecule has 4 heteroatoms. The van der Waals surface area contributed by atoms with E-state index < -0.39 is 11.7 Å². The summed E-state index contributed by atoms with van der Waals surface area (Å²) < 4.78 is 36.2. The van der Waals surface area contributed by atoms with Gasteiger partial charge < -0.3 is 0 Å². The van der Waals surface area contributed by atoms with E-state index in [0.29, 0.717) is 0 Å². The fraction of sp³-hybridized carbons (Fsp3) is 0.125. The minimum atomic E-state index is -4.47. The third-order valence-electron chi connectivity index (χ3n) is 1.29. The molecule has 1 aromatic rings. The summed E-state index contributed by atoms with van der Waals surface area (Å²) in [6, 6.07) is 6.85. The smallest absolute Gasteiger partial charge is 0.192 e. The Labute approximate surface area is 67.1 Å². The quantitative estimate of drug-likeness (QED) is 0.586. The summed E-state index contributed by atoms with van der Waals surface area (Å²) >= 11 is 0. The number of hydrogen-bond donors (Lipinski definition) is 0. The Balaban J connectivity index is 3.26. The standard InChI is InChI=1S/C8H3F3N/c9-8(10,11)7-4-2-1-3-6(7)5-12/h1,3-4H. The summed E-state index contributed by atoms with van der Waals surface area (Å²) in [7, 11) is 0. The second-order valence-corrected chi connectivity index (χ2v) is 2.08. The first-order valence-corrected chi connectivity index (χ1v) is 3.03. The highest BCUT2D eigenvalue weighted by Crippen LogP contribution is 2.31. The number of nitriles is 1. The molecule has 0 spiro atoms. The average Bonchev–Trinajstić information content (AvgIpc) is 2.03. The first kappa shape index (κ1) is 8.60. The second-order valence-electron chi connectivity index (χ2n) is 2.08. The number of halogens is 3. The number of rotatable bonds is 0. The molecule has 0 amide bonds. The van der Waals surface area contributed by atoms with Gasteiger partial charge in [-0.15, -0.1) is 0 Å². The molecule has 0 atom stereocenters. The predicted molar refractivity (Wildman–Crippen MR) is 35.0 cm³/mol. The summed E-state index contributed by atoms with van der Waals surface area (Å²) in [4.78, 5) is 0. The van der Waals surface area contributed by atoms with E-state index in [1.807, 2.05) is 0 Å². The lowest BCUT2D eigenvalue weighted by Gasteiger charge is -2.06. The molecule has 1 radical (unpaired) electrons. The maximum atomic E-state index is 12.1. The van der Waals surface area contributed by atoms with Crippen LogP contribution in [0.5, 0.6) is 0 Å². The molecule has 61 valence electrons. The van der Waals surface area contributed by atoms with Crippen molar-refractivity contribution in [3.63, 3.8) is 0 Å². The van der Waals surface area contributed by atoms with Gasteiger partial charge in [0.05, 0.1) is 17.2 Å². The Morgan fingerprint density at radius 1 is 1.42 bits per heavy atom. The molecule has 1 rings (SSSR count). The molecule has 1 nitrogen and oxygen atoms in total. The Kier molecular flexibility index (Phi) is 2.05. The van der Waals surface area contributed by atoms with Crippen LogP contribution in [-0.2, 0) is 6.18 Å². The molecule has 0 aliphatic heterocycles. The van der Waals surface area contributed by atoms with E-state index >= 15 is 0 Å². The second kappa shape index (κ2) is 2.86. The molecule has 0 heterocycles. The van der Waals surface area contributed by atoms with E-state index in [1.54, 1.807) is 0 Å². The third kappa shape index (κ3) is 1.56. The molecule has 0 bridgehead atoms. The molecule has 0 N–H and O–H groups in total. The largest absolute Gasteiger partial charge is 0.417 e. The molecule has 0 saturated carbocycles. The van der Waals surface area contributed by atoms with Crippen molar-refractivity contribution in [2.24, 2.45) is 0 Å². The molecule has 12 heavy (non-hydrogen) atoms. The van der Waals surface area contributed by atoms with Gasteiger partial charge in [-0.05, 0) is 18.2 Å². The van der Waals surface area contributed by atoms with Gasteiger partial charge in [-0.3, -0.25) is 0 Å². The van der Waals surface area contributed by atoms with Crippen LogP contribution >= 0.6 is 0 Å². The molecule has 0 aliphatic rings. The topological polar surface area (TPSA) is 23.8 Å². The fourth-order valence-corrected chi connectivity index (χ4v) is 0.762. The lowest BCUT2D eigenvalue weighted by atomic mass is 10.1. The van der Waals surface area contributed by atoms with Gasteiger partial charge in [0.25, 0.3) is 0 Å². The fourth-order valence-electron chi connectivity index (χ4n) is 0.762. The van der Waals surface area contributed by atoms with Gasteiger partial charge in [0.15, 0.2) is 0 Å². The van der Waals surface area contributed by atoms with Crippen LogP contribution in [-0.4, -0.2) is 0 Å². The minimum Gasteiger partial charge on any atom is -0.192 e. The number of nitrogens with zero attached hydrogens (tertiary/aromatic N) is 1. The van der Waals surface area contributed by atoms with E-state index in [-0.39, 0.29) is 5.56 Å². The zero-order chi connectivity index (χ0) is 9.19. The van der Waals surface area contributed by atoms with Crippen molar-refractivity contribution in [1.29, 1.82) is 5.26 Å². The molecule has 0 saturated heterocycles. The van der Waals surface area contributed by atoms with Crippen LogP contribution < -0.4 is 0 Å². The van der Waals surface area contributed by atoms with Crippen LogP contribution in [0, 0.1) is 17.4 Å². The summed E-state index contributed by atoms with van der Waals surface area (Å²) in [5.41, 5.74) is -1.31. The molecule has 0 aliphatic carbocycles. The molecule has 1 aromatic carbocycles. The van der Waals surface area contributed by atoms with E-state index in [2.05, 4.69) is 6.07 Å². The van der Waals surface area contributed by atoms with Crippen LogP contribution in [0.4, 0.5) is 13.2 Å². The lowest BCUT2D eigenvalue weighted by molar-refractivity contribution is -0.137. The van der Waals surface area contributed by atoms with Gasteiger partial charge in [0.1, 0.15) is 0 Å². The van der Waals surface area contributed by atoms with Crippen molar-refractivity contribution in [3.8, 4) is 6.07 Å². The lowest BCUT2D eigenvalue weighted by Crippen LogP contribution is -2.07. The van der Waals surface area contributed by atoms with Gasteiger partial charge in [0.2, 0.25) is 0 Å². The molecule has 0 fully saturated rings. The van der Waals surface area contributed by atoms with Crippen molar-refractivity contribution in [2.75, 3.05) is 0 Å². The van der Waals surface area contributed by atoms with Crippen molar-refractivity contribution in [1.82, 2.24) is 0 Å². The maximum absolute atomic E-state index is 12.1. The summed E-state index contributed by atoms with van der Waals surface area (Å²) in [5, 5.41) is 8.32.